The molecule has 23 heavy (non-hydrogen) atoms. The van der Waals surface area contributed by atoms with Crippen molar-refractivity contribution in [1.82, 2.24) is 0 Å². The average molecular weight is 418 g/mol. The largest absolute Gasteiger partial charge is 0.488 e. The van der Waals surface area contributed by atoms with Gasteiger partial charge in [0.1, 0.15) is 12.4 Å². The van der Waals surface area contributed by atoms with Crippen LogP contribution in [-0.2, 0) is 11.3 Å². The summed E-state index contributed by atoms with van der Waals surface area (Å²) in [6.45, 7) is 0.481. The predicted octanol–water partition coefficient (Wildman–Crippen LogP) is 4.81. The van der Waals surface area contributed by atoms with Gasteiger partial charge in [-0.3, -0.25) is 0 Å². The van der Waals surface area contributed by atoms with E-state index in [4.69, 9.17) is 9.47 Å². The van der Waals surface area contributed by atoms with E-state index in [0.29, 0.717) is 12.2 Å². The molecule has 0 bridgehead atoms. The molecule has 0 fully saturated rings. The van der Waals surface area contributed by atoms with Crippen LogP contribution in [0.15, 0.2) is 60.7 Å². The molecule has 0 heterocycles. The Hall–Kier alpha value is -2.08. The van der Waals surface area contributed by atoms with Crippen LogP contribution in [0.25, 0.3) is 10.8 Å². The van der Waals surface area contributed by atoms with E-state index in [1.165, 1.54) is 17.9 Å². The zero-order valence-corrected chi connectivity index (χ0v) is 14.7. The van der Waals surface area contributed by atoms with Gasteiger partial charge in [0.15, 0.2) is 0 Å². The van der Waals surface area contributed by atoms with Crippen molar-refractivity contribution in [3.63, 3.8) is 0 Å². The smallest absolute Gasteiger partial charge is 0.337 e. The standard InChI is InChI=1S/C19H15IO3/c1-22-19(21)14-9-10-18(17(20)11-14)23-12-15-7-4-6-13-5-2-3-8-16(13)15/h2-11H,12H2,1H3. The maximum atomic E-state index is 11.5. The van der Waals surface area contributed by atoms with Crippen molar-refractivity contribution < 1.29 is 14.3 Å². The molecule has 0 aromatic heterocycles. The zero-order chi connectivity index (χ0) is 16.2. The molecule has 3 aromatic rings. The van der Waals surface area contributed by atoms with Crippen molar-refractivity contribution in [3.8, 4) is 5.75 Å². The van der Waals surface area contributed by atoms with Gasteiger partial charge in [-0.05, 0) is 57.1 Å². The first-order valence-electron chi connectivity index (χ1n) is 7.16. The lowest BCUT2D eigenvalue weighted by atomic mass is 10.1. The van der Waals surface area contributed by atoms with Gasteiger partial charge in [0.25, 0.3) is 0 Å². The Morgan fingerprint density at radius 3 is 2.61 bits per heavy atom. The van der Waals surface area contributed by atoms with Crippen LogP contribution in [0.2, 0.25) is 0 Å². The number of methoxy groups -OCH3 is 1. The van der Waals surface area contributed by atoms with Crippen LogP contribution in [-0.4, -0.2) is 13.1 Å². The van der Waals surface area contributed by atoms with Crippen LogP contribution in [0, 0.1) is 3.57 Å². The van der Waals surface area contributed by atoms with Crippen LogP contribution in [0.5, 0.6) is 5.75 Å². The maximum absolute atomic E-state index is 11.5. The van der Waals surface area contributed by atoms with E-state index in [0.717, 1.165) is 14.9 Å². The Kier molecular flexibility index (Phi) is 4.81. The third kappa shape index (κ3) is 3.47. The number of fused-ring (bicyclic) bond motifs is 1. The summed E-state index contributed by atoms with van der Waals surface area (Å²) in [5.41, 5.74) is 1.66. The Morgan fingerprint density at radius 2 is 1.83 bits per heavy atom. The molecule has 3 aromatic carbocycles. The lowest BCUT2D eigenvalue weighted by molar-refractivity contribution is 0.0600. The molecule has 0 aliphatic rings. The molecule has 0 spiro atoms. The third-order valence-electron chi connectivity index (χ3n) is 3.62. The number of benzene rings is 3. The van der Waals surface area contributed by atoms with Crippen molar-refractivity contribution in [3.05, 3.63) is 75.4 Å². The van der Waals surface area contributed by atoms with Crippen molar-refractivity contribution >= 4 is 39.3 Å². The molecule has 116 valence electrons. The summed E-state index contributed by atoms with van der Waals surface area (Å²) < 4.78 is 11.5. The molecular weight excluding hydrogens is 403 g/mol. The van der Waals surface area contributed by atoms with Gasteiger partial charge in [-0.25, -0.2) is 4.79 Å². The van der Waals surface area contributed by atoms with Gasteiger partial charge < -0.3 is 9.47 Å². The molecule has 0 saturated carbocycles. The molecule has 0 amide bonds. The summed E-state index contributed by atoms with van der Waals surface area (Å²) >= 11 is 2.16. The van der Waals surface area contributed by atoms with Gasteiger partial charge in [-0.2, -0.15) is 0 Å². The van der Waals surface area contributed by atoms with Crippen molar-refractivity contribution in [2.45, 2.75) is 6.61 Å². The molecule has 0 N–H and O–H groups in total. The van der Waals surface area contributed by atoms with Crippen LogP contribution in [0.3, 0.4) is 0 Å². The number of hydrogen-bond acceptors (Lipinski definition) is 3. The molecule has 3 nitrogen and oxygen atoms in total. The summed E-state index contributed by atoms with van der Waals surface area (Å²) in [6.07, 6.45) is 0. The monoisotopic (exact) mass is 418 g/mol. The Labute approximate surface area is 148 Å². The lowest BCUT2D eigenvalue weighted by Gasteiger charge is -2.11. The van der Waals surface area contributed by atoms with Crippen molar-refractivity contribution in [1.29, 1.82) is 0 Å². The van der Waals surface area contributed by atoms with E-state index < -0.39 is 0 Å². The fraction of sp³-hybridized carbons (Fsp3) is 0.105. The summed E-state index contributed by atoms with van der Waals surface area (Å²) in [6, 6.07) is 19.7. The number of carbonyl (C=O) groups is 1. The average Bonchev–Trinajstić information content (AvgIpc) is 2.60. The summed E-state index contributed by atoms with van der Waals surface area (Å²) in [5.74, 6) is 0.412. The third-order valence-corrected chi connectivity index (χ3v) is 4.46. The minimum absolute atomic E-state index is 0.344. The highest BCUT2D eigenvalue weighted by atomic mass is 127. The number of rotatable bonds is 4. The molecule has 0 saturated heterocycles. The summed E-state index contributed by atoms with van der Waals surface area (Å²) in [5, 5.41) is 2.39. The van der Waals surface area contributed by atoms with E-state index in [2.05, 4.69) is 46.9 Å². The van der Waals surface area contributed by atoms with Crippen LogP contribution >= 0.6 is 22.6 Å². The summed E-state index contributed by atoms with van der Waals surface area (Å²) in [7, 11) is 1.38. The Bertz CT molecular complexity index is 853. The number of hydrogen-bond donors (Lipinski definition) is 0. The maximum Gasteiger partial charge on any atom is 0.337 e. The summed E-state index contributed by atoms with van der Waals surface area (Å²) in [4.78, 5) is 11.5. The minimum Gasteiger partial charge on any atom is -0.488 e. The first kappa shape index (κ1) is 15.8. The number of halogens is 1. The van der Waals surface area contributed by atoms with E-state index in [9.17, 15) is 4.79 Å². The molecule has 3 rings (SSSR count). The Balaban J connectivity index is 1.81. The van der Waals surface area contributed by atoms with Crippen LogP contribution < -0.4 is 4.74 Å². The highest BCUT2D eigenvalue weighted by molar-refractivity contribution is 14.1. The van der Waals surface area contributed by atoms with Gasteiger partial charge in [0.05, 0.1) is 16.2 Å². The fourth-order valence-corrected chi connectivity index (χ4v) is 3.11. The highest BCUT2D eigenvalue weighted by Gasteiger charge is 2.10. The second-order valence-electron chi connectivity index (χ2n) is 5.06. The molecule has 0 aliphatic carbocycles. The number of carbonyl (C=O) groups excluding carboxylic acids is 1. The molecule has 0 radical (unpaired) electrons. The topological polar surface area (TPSA) is 35.5 Å². The second kappa shape index (κ2) is 7.00. The van der Waals surface area contributed by atoms with E-state index in [-0.39, 0.29) is 5.97 Å². The van der Waals surface area contributed by atoms with Gasteiger partial charge >= 0.3 is 5.97 Å². The quantitative estimate of drug-likeness (QED) is 0.451. The van der Waals surface area contributed by atoms with E-state index >= 15 is 0 Å². The number of ether oxygens (including phenoxy) is 2. The van der Waals surface area contributed by atoms with E-state index in [1.807, 2.05) is 18.2 Å². The molecule has 0 aliphatic heterocycles. The normalized spacial score (nSPS) is 10.5. The van der Waals surface area contributed by atoms with Gasteiger partial charge in [0.2, 0.25) is 0 Å². The SMILES string of the molecule is COC(=O)c1ccc(OCc2cccc3ccccc23)c(I)c1. The first-order chi connectivity index (χ1) is 11.2. The Morgan fingerprint density at radius 1 is 1.04 bits per heavy atom. The van der Waals surface area contributed by atoms with Crippen LogP contribution in [0.4, 0.5) is 0 Å². The number of esters is 1. The van der Waals surface area contributed by atoms with Gasteiger partial charge in [-0.1, -0.05) is 42.5 Å². The first-order valence-corrected chi connectivity index (χ1v) is 8.24. The second-order valence-corrected chi connectivity index (χ2v) is 6.23. The van der Waals surface area contributed by atoms with Crippen LogP contribution in [0.1, 0.15) is 15.9 Å². The molecule has 0 unspecified atom stereocenters. The predicted molar refractivity (Wildman–Crippen MR) is 98.8 cm³/mol. The minimum atomic E-state index is -0.344. The van der Waals surface area contributed by atoms with Crippen molar-refractivity contribution in [2.75, 3.05) is 7.11 Å². The molecule has 0 atom stereocenters. The van der Waals surface area contributed by atoms with Gasteiger partial charge in [-0.15, -0.1) is 0 Å². The van der Waals surface area contributed by atoms with Crippen molar-refractivity contribution in [2.24, 2.45) is 0 Å². The molecular formula is C19H15IO3. The van der Waals surface area contributed by atoms with E-state index in [1.54, 1.807) is 18.2 Å². The zero-order valence-electron chi connectivity index (χ0n) is 12.6. The lowest BCUT2D eigenvalue weighted by Crippen LogP contribution is -2.03. The highest BCUT2D eigenvalue weighted by Crippen LogP contribution is 2.25. The fourth-order valence-electron chi connectivity index (χ4n) is 2.44. The molecule has 4 heteroatoms. The van der Waals surface area contributed by atoms with Gasteiger partial charge in [0, 0.05) is 0 Å².